The Morgan fingerprint density at radius 1 is 0.569 bits per heavy atom. The van der Waals surface area contributed by atoms with Crippen molar-refractivity contribution < 1.29 is 66.3 Å². The molecule has 1 radical (unpaired) electrons. The van der Waals surface area contributed by atoms with Crippen LogP contribution in [0.4, 0.5) is 23.3 Å². The van der Waals surface area contributed by atoms with Gasteiger partial charge in [-0.15, -0.1) is 0 Å². The van der Waals surface area contributed by atoms with Crippen molar-refractivity contribution in [2.45, 2.75) is 50.9 Å². The van der Waals surface area contributed by atoms with Crippen LogP contribution in [0.15, 0.2) is 70.5 Å². The number of carbonyl (C=O) groups is 6. The van der Waals surface area contributed by atoms with Gasteiger partial charge in [0.15, 0.2) is 22.3 Å². The second-order valence-corrected chi connectivity index (χ2v) is 13.4. The Bertz CT molecular complexity index is 2650. The van der Waals surface area contributed by atoms with Crippen LogP contribution in [0, 0.1) is 0 Å². The number of nitrogens with two attached hydrogens (primary N) is 2. The molecule has 6 rings (SSSR count). The molecule has 0 aliphatic heterocycles. The summed E-state index contributed by atoms with van der Waals surface area (Å²) in [6.45, 7) is 0.461. The number of benzene rings is 2. The number of carboxylic acid groups (broad SMARTS) is 4. The zero-order valence-electron chi connectivity index (χ0n) is 33.4. The maximum Gasteiger partial charge on any atom is 0.326 e. The van der Waals surface area contributed by atoms with E-state index in [-0.39, 0.29) is 101 Å². The summed E-state index contributed by atoms with van der Waals surface area (Å²) in [5, 5.41) is 46.4. The molecule has 0 saturated carbocycles. The first kappa shape index (κ1) is 49.1. The van der Waals surface area contributed by atoms with Crippen molar-refractivity contribution in [1.82, 2.24) is 50.5 Å². The van der Waals surface area contributed by atoms with E-state index < -0.39 is 58.9 Å². The Hall–Kier alpha value is -8.58. The number of carboxylic acids is 4. The molecule has 4 heterocycles. The average Bonchev–Trinajstić information content (AvgIpc) is 3.25. The van der Waals surface area contributed by atoms with Gasteiger partial charge in [0.2, 0.25) is 11.9 Å². The predicted molar refractivity (Wildman–Crippen MR) is 224 cm³/mol. The molecule has 4 aromatic heterocycles. The number of hydrogen-bond acceptors (Lipinski definition) is 18. The third kappa shape index (κ3) is 14.2. The number of rotatable bonds is 18. The van der Waals surface area contributed by atoms with Gasteiger partial charge in [-0.2, -0.15) is 9.97 Å². The number of aromatic nitrogens is 8. The van der Waals surface area contributed by atoms with Crippen molar-refractivity contribution >= 4 is 81.3 Å². The molecule has 0 fully saturated rings. The summed E-state index contributed by atoms with van der Waals surface area (Å²) in [6.07, 6.45) is 1.68. The number of anilines is 4. The largest absolute Gasteiger partial charge is 0.481 e. The van der Waals surface area contributed by atoms with Gasteiger partial charge in [-0.3, -0.25) is 38.7 Å². The van der Waals surface area contributed by atoms with E-state index in [1.165, 1.54) is 36.7 Å². The molecule has 26 nitrogen and oxygen atoms in total. The molecule has 27 heteroatoms. The first-order chi connectivity index (χ1) is 30.4. The molecule has 2 amide bonds. The molecule has 14 N–H and O–H groups in total. The number of nitrogens with zero attached hydrogens (tertiary/aromatic N) is 6. The third-order valence-electron chi connectivity index (χ3n) is 8.71. The van der Waals surface area contributed by atoms with Gasteiger partial charge in [0, 0.05) is 52.4 Å². The molecule has 0 aliphatic carbocycles. The summed E-state index contributed by atoms with van der Waals surface area (Å²) in [5.74, 6) is -6.31. The number of nitrogen functional groups attached to an aromatic ring is 2. The third-order valence-corrected chi connectivity index (χ3v) is 8.71. The Morgan fingerprint density at radius 3 is 1.25 bits per heavy atom. The fourth-order valence-electron chi connectivity index (χ4n) is 5.51. The molecule has 2 aromatic carbocycles. The maximum absolute atomic E-state index is 12.3. The first-order valence-corrected chi connectivity index (χ1v) is 18.7. The van der Waals surface area contributed by atoms with Crippen LogP contribution in [0.3, 0.4) is 0 Å². The number of H-pyrrole nitrogens is 2. The van der Waals surface area contributed by atoms with Crippen molar-refractivity contribution in [3.8, 4) is 0 Å². The predicted octanol–water partition coefficient (Wildman–Crippen LogP) is -0.0921. The van der Waals surface area contributed by atoms with Crippen LogP contribution in [0.5, 0.6) is 0 Å². The van der Waals surface area contributed by atoms with Gasteiger partial charge < -0.3 is 53.2 Å². The Morgan fingerprint density at radius 2 is 0.923 bits per heavy atom. The number of aromatic amines is 2. The van der Waals surface area contributed by atoms with E-state index >= 15 is 0 Å². The van der Waals surface area contributed by atoms with E-state index in [1.54, 1.807) is 24.3 Å². The van der Waals surface area contributed by atoms with E-state index in [4.69, 9.17) is 31.9 Å². The molecule has 2 atom stereocenters. The molecule has 0 bridgehead atoms. The van der Waals surface area contributed by atoms with Crippen LogP contribution in [0.25, 0.3) is 22.3 Å². The zero-order valence-corrected chi connectivity index (χ0v) is 34.3. The van der Waals surface area contributed by atoms with Crippen molar-refractivity contribution in [2.75, 3.05) is 22.1 Å². The van der Waals surface area contributed by atoms with E-state index in [2.05, 4.69) is 61.1 Å². The van der Waals surface area contributed by atoms with Gasteiger partial charge in [-0.05, 0) is 61.4 Å². The van der Waals surface area contributed by atoms with E-state index in [9.17, 15) is 38.4 Å². The standard InChI is InChI=1S/2C19H19N7O6.Cu/c2*20-19-25-15-14(17(30)26-19)23-11(8-22-15)7-21-10-3-1-9(2-4-10)16(29)24-12(18(31)32)5-6-13(27)28;/h2*1-4,8,12,21H,5-7H2,(H,24,29)(H,27,28)(H,31,32)(H3,20,22,25,26,30);/t2*12-;/m00./s1. The maximum atomic E-state index is 12.3. The van der Waals surface area contributed by atoms with Gasteiger partial charge in [0.05, 0.1) is 36.9 Å². The van der Waals surface area contributed by atoms with Crippen molar-refractivity contribution in [1.29, 1.82) is 0 Å². The topological polar surface area (TPSA) is 427 Å². The zero-order chi connectivity index (χ0) is 46.5. The molecule has 65 heavy (non-hydrogen) atoms. The fraction of sp³-hybridized carbons (Fsp3) is 0.211. The summed E-state index contributed by atoms with van der Waals surface area (Å²) in [5.41, 5.74) is 12.9. The molecule has 0 spiro atoms. The Labute approximate surface area is 374 Å². The van der Waals surface area contributed by atoms with Crippen LogP contribution in [0.2, 0.25) is 0 Å². The SMILES string of the molecule is Nc1nc2ncc(CNc3ccc(C(=O)N[C@@H](CCC(=O)O)C(=O)O)cc3)nc2c(=O)[nH]1.Nc1nc2ncc(CNc3ccc(C(=O)N[C@@H](CCC(=O)O)C(=O)O)cc3)nc2c(=O)[nH]1.[Cu]. The summed E-state index contributed by atoms with van der Waals surface area (Å²) < 4.78 is 0. The normalized spacial score (nSPS) is 11.4. The molecule has 0 aliphatic rings. The van der Waals surface area contributed by atoms with Crippen molar-refractivity contribution in [2.24, 2.45) is 0 Å². The summed E-state index contributed by atoms with van der Waals surface area (Å²) >= 11 is 0. The molecular formula is C38H38CuN14O12. The minimum Gasteiger partial charge on any atom is -0.481 e. The van der Waals surface area contributed by atoms with Gasteiger partial charge in [0.25, 0.3) is 22.9 Å². The number of aliphatic carboxylic acids is 4. The van der Waals surface area contributed by atoms with Crippen LogP contribution < -0.4 is 43.9 Å². The smallest absolute Gasteiger partial charge is 0.326 e. The molecule has 343 valence electrons. The van der Waals surface area contributed by atoms with E-state index in [0.29, 0.717) is 22.8 Å². The average molecular weight is 946 g/mol. The monoisotopic (exact) mass is 945 g/mol. The number of hydrogen-bond donors (Lipinski definition) is 12. The molecule has 6 aromatic rings. The van der Waals surface area contributed by atoms with Crippen LogP contribution in [-0.4, -0.2) is 108 Å². The minimum atomic E-state index is -1.31. The Kier molecular flexibility index (Phi) is 17.0. The first-order valence-electron chi connectivity index (χ1n) is 18.7. The van der Waals surface area contributed by atoms with Crippen LogP contribution >= 0.6 is 0 Å². The summed E-state index contributed by atoms with van der Waals surface area (Å²) in [7, 11) is 0. The quantitative estimate of drug-likeness (QED) is 0.0501. The van der Waals surface area contributed by atoms with Gasteiger partial charge >= 0.3 is 23.9 Å². The summed E-state index contributed by atoms with van der Waals surface area (Å²) in [4.78, 5) is 121. The Balaban J connectivity index is 0.000000280. The number of carbonyl (C=O) groups excluding carboxylic acids is 2. The number of nitrogens with one attached hydrogen (secondary N) is 6. The van der Waals surface area contributed by atoms with Crippen LogP contribution in [0.1, 0.15) is 57.8 Å². The summed E-state index contributed by atoms with van der Waals surface area (Å²) in [6, 6.07) is 9.73. The second kappa shape index (κ2) is 22.5. The fourth-order valence-corrected chi connectivity index (χ4v) is 5.51. The van der Waals surface area contributed by atoms with Gasteiger partial charge in [-0.25, -0.2) is 29.5 Å². The number of amides is 2. The number of fused-ring (bicyclic) bond motifs is 2. The van der Waals surface area contributed by atoms with Crippen molar-refractivity contribution in [3.05, 3.63) is 104 Å². The van der Waals surface area contributed by atoms with Gasteiger partial charge in [-0.1, -0.05) is 0 Å². The molecule has 0 unspecified atom stereocenters. The van der Waals surface area contributed by atoms with Gasteiger partial charge in [0.1, 0.15) is 12.1 Å². The molecular weight excluding hydrogens is 908 g/mol. The van der Waals surface area contributed by atoms with E-state index in [0.717, 1.165) is 0 Å². The van der Waals surface area contributed by atoms with Crippen LogP contribution in [-0.2, 0) is 49.3 Å². The van der Waals surface area contributed by atoms with Crippen molar-refractivity contribution in [3.63, 3.8) is 0 Å². The van der Waals surface area contributed by atoms with E-state index in [1.807, 2.05) is 0 Å². The minimum absolute atomic E-state index is 0. The second-order valence-electron chi connectivity index (χ2n) is 13.4. The molecule has 0 saturated heterocycles.